The number of para-hydroxylation sites is 1. The summed E-state index contributed by atoms with van der Waals surface area (Å²) < 4.78 is 18.7. The first kappa shape index (κ1) is 22.5. The average Bonchev–Trinajstić information content (AvgIpc) is 2.64. The third kappa shape index (κ3) is 6.00. The highest BCUT2D eigenvalue weighted by Gasteiger charge is 2.22. The van der Waals surface area contributed by atoms with E-state index in [1.165, 1.54) is 13.2 Å². The van der Waals surface area contributed by atoms with E-state index in [4.69, 9.17) is 4.74 Å². The van der Waals surface area contributed by atoms with Gasteiger partial charge in [-0.3, -0.25) is 9.79 Å². The van der Waals surface area contributed by atoms with Crippen molar-refractivity contribution in [3.8, 4) is 0 Å². The van der Waals surface area contributed by atoms with Gasteiger partial charge in [0.25, 0.3) is 0 Å². The molecule has 1 fully saturated rings. The van der Waals surface area contributed by atoms with Gasteiger partial charge in [-0.15, -0.1) is 24.0 Å². The van der Waals surface area contributed by atoms with Crippen molar-refractivity contribution >= 4 is 41.6 Å². The summed E-state index contributed by atoms with van der Waals surface area (Å²) in [4.78, 5) is 20.3. The van der Waals surface area contributed by atoms with Gasteiger partial charge >= 0.3 is 5.97 Å². The molecular formula is C18H28FIN4O2. The lowest BCUT2D eigenvalue weighted by Gasteiger charge is -2.37. The Hall–Kier alpha value is -1.58. The number of halogens is 2. The largest absolute Gasteiger partial charge is 0.469 e. The fraction of sp³-hybridized carbons (Fsp3) is 0.556. The Morgan fingerprint density at radius 1 is 1.31 bits per heavy atom. The predicted octanol–water partition coefficient (Wildman–Crippen LogP) is 2.34. The maximum Gasteiger partial charge on any atom is 0.310 e. The number of methoxy groups -OCH3 is 1. The Morgan fingerprint density at radius 3 is 2.54 bits per heavy atom. The van der Waals surface area contributed by atoms with E-state index in [0.29, 0.717) is 12.2 Å². The van der Waals surface area contributed by atoms with Crippen LogP contribution in [0.5, 0.6) is 0 Å². The van der Waals surface area contributed by atoms with E-state index in [1.807, 2.05) is 24.0 Å². The molecule has 0 aromatic heterocycles. The molecule has 1 aromatic carbocycles. The number of hydrogen-bond donors (Lipinski definition) is 1. The van der Waals surface area contributed by atoms with E-state index < -0.39 is 0 Å². The van der Waals surface area contributed by atoms with Crippen LogP contribution in [0.25, 0.3) is 0 Å². The van der Waals surface area contributed by atoms with Crippen molar-refractivity contribution in [2.75, 3.05) is 51.3 Å². The Labute approximate surface area is 171 Å². The first-order valence-corrected chi connectivity index (χ1v) is 8.67. The SMILES string of the molecule is CCNC(=NCC(C)C(=O)OC)N1CCN(c2ccccc2F)CC1.I. The minimum absolute atomic E-state index is 0. The van der Waals surface area contributed by atoms with Crippen molar-refractivity contribution in [2.24, 2.45) is 10.9 Å². The monoisotopic (exact) mass is 478 g/mol. The van der Waals surface area contributed by atoms with Crippen molar-refractivity contribution < 1.29 is 13.9 Å². The van der Waals surface area contributed by atoms with Crippen molar-refractivity contribution in [2.45, 2.75) is 13.8 Å². The van der Waals surface area contributed by atoms with Gasteiger partial charge in [-0.25, -0.2) is 4.39 Å². The second-order valence-corrected chi connectivity index (χ2v) is 6.04. The average molecular weight is 478 g/mol. The van der Waals surface area contributed by atoms with E-state index in [0.717, 1.165) is 38.7 Å². The maximum absolute atomic E-state index is 13.9. The Kier molecular flexibility index (Phi) is 9.68. The van der Waals surface area contributed by atoms with Crippen molar-refractivity contribution in [1.29, 1.82) is 0 Å². The number of rotatable bonds is 5. The third-order valence-electron chi connectivity index (χ3n) is 4.23. The van der Waals surface area contributed by atoms with Crippen LogP contribution in [0.1, 0.15) is 13.8 Å². The zero-order valence-corrected chi connectivity index (χ0v) is 17.9. The van der Waals surface area contributed by atoms with E-state index >= 15 is 0 Å². The molecule has 146 valence electrons. The molecule has 2 rings (SSSR count). The molecule has 0 aliphatic carbocycles. The Morgan fingerprint density at radius 2 is 1.96 bits per heavy atom. The fourth-order valence-electron chi connectivity index (χ4n) is 2.79. The summed E-state index contributed by atoms with van der Waals surface area (Å²) in [6, 6.07) is 6.85. The van der Waals surface area contributed by atoms with Crippen LogP contribution in [-0.4, -0.2) is 63.2 Å². The Bertz CT molecular complexity index is 607. The fourth-order valence-corrected chi connectivity index (χ4v) is 2.79. The molecule has 0 bridgehead atoms. The highest BCUT2D eigenvalue weighted by atomic mass is 127. The second kappa shape index (κ2) is 11.2. The van der Waals surface area contributed by atoms with E-state index in [-0.39, 0.29) is 41.7 Å². The van der Waals surface area contributed by atoms with Crippen LogP contribution in [0.15, 0.2) is 29.3 Å². The number of carbonyl (C=O) groups excluding carboxylic acids is 1. The molecule has 1 aliphatic heterocycles. The summed E-state index contributed by atoms with van der Waals surface area (Å²) in [6.07, 6.45) is 0. The molecule has 1 heterocycles. The molecule has 1 aromatic rings. The van der Waals surface area contributed by atoms with Gasteiger partial charge in [0, 0.05) is 32.7 Å². The first-order chi connectivity index (χ1) is 12.1. The highest BCUT2D eigenvalue weighted by molar-refractivity contribution is 14.0. The van der Waals surface area contributed by atoms with Gasteiger partial charge in [0.05, 0.1) is 25.3 Å². The van der Waals surface area contributed by atoms with E-state index in [9.17, 15) is 9.18 Å². The number of aliphatic imine (C=N–C) groups is 1. The summed E-state index contributed by atoms with van der Waals surface area (Å²) in [5.74, 6) is 0.0530. The highest BCUT2D eigenvalue weighted by Crippen LogP contribution is 2.20. The quantitative estimate of drug-likeness (QED) is 0.305. The lowest BCUT2D eigenvalue weighted by molar-refractivity contribution is -0.144. The molecule has 0 radical (unpaired) electrons. The number of hydrogen-bond acceptors (Lipinski definition) is 4. The van der Waals surface area contributed by atoms with Crippen LogP contribution in [-0.2, 0) is 9.53 Å². The van der Waals surface area contributed by atoms with E-state index in [2.05, 4.69) is 15.2 Å². The number of anilines is 1. The summed E-state index contributed by atoms with van der Waals surface area (Å²) in [5.41, 5.74) is 0.642. The molecule has 0 amide bonds. The summed E-state index contributed by atoms with van der Waals surface area (Å²) in [5, 5.41) is 3.26. The Balaban J connectivity index is 0.00000338. The summed E-state index contributed by atoms with van der Waals surface area (Å²) in [6.45, 7) is 7.86. The second-order valence-electron chi connectivity index (χ2n) is 6.04. The van der Waals surface area contributed by atoms with Gasteiger partial charge in [-0.05, 0) is 19.1 Å². The molecule has 0 spiro atoms. The van der Waals surface area contributed by atoms with Gasteiger partial charge in [0.15, 0.2) is 5.96 Å². The molecular weight excluding hydrogens is 450 g/mol. The van der Waals surface area contributed by atoms with E-state index in [1.54, 1.807) is 13.0 Å². The molecule has 1 saturated heterocycles. The number of benzene rings is 1. The zero-order chi connectivity index (χ0) is 18.2. The van der Waals surface area contributed by atoms with Gasteiger partial charge in [0.1, 0.15) is 5.82 Å². The van der Waals surface area contributed by atoms with Gasteiger partial charge in [-0.1, -0.05) is 19.1 Å². The standard InChI is InChI=1S/C18H27FN4O2.HI/c1-4-20-18(21-13-14(2)17(24)25-3)23-11-9-22(10-12-23)16-8-6-5-7-15(16)19;/h5-8,14H,4,9-13H2,1-3H3,(H,20,21);1H. The molecule has 8 heteroatoms. The van der Waals surface area contributed by atoms with Crippen molar-refractivity contribution in [3.63, 3.8) is 0 Å². The molecule has 1 aliphatic rings. The van der Waals surface area contributed by atoms with Crippen LogP contribution in [0.2, 0.25) is 0 Å². The summed E-state index contributed by atoms with van der Waals surface area (Å²) in [7, 11) is 1.38. The molecule has 0 saturated carbocycles. The van der Waals surface area contributed by atoms with Crippen LogP contribution in [0.3, 0.4) is 0 Å². The lowest BCUT2D eigenvalue weighted by atomic mass is 10.2. The van der Waals surface area contributed by atoms with Crippen LogP contribution in [0.4, 0.5) is 10.1 Å². The van der Waals surface area contributed by atoms with Crippen LogP contribution < -0.4 is 10.2 Å². The topological polar surface area (TPSA) is 57.2 Å². The predicted molar refractivity (Wildman–Crippen MR) is 113 cm³/mol. The molecule has 1 unspecified atom stereocenters. The molecule has 1 atom stereocenters. The molecule has 26 heavy (non-hydrogen) atoms. The van der Waals surface area contributed by atoms with Crippen LogP contribution in [0, 0.1) is 11.7 Å². The number of nitrogens with one attached hydrogen (secondary N) is 1. The summed E-state index contributed by atoms with van der Waals surface area (Å²) >= 11 is 0. The minimum atomic E-state index is -0.279. The number of guanidine groups is 1. The van der Waals surface area contributed by atoms with Crippen LogP contribution >= 0.6 is 24.0 Å². The number of ether oxygens (including phenoxy) is 1. The minimum Gasteiger partial charge on any atom is -0.469 e. The normalized spacial score (nSPS) is 15.9. The van der Waals surface area contributed by atoms with Gasteiger partial charge in [-0.2, -0.15) is 0 Å². The molecule has 1 N–H and O–H groups in total. The smallest absolute Gasteiger partial charge is 0.310 e. The lowest BCUT2D eigenvalue weighted by Crippen LogP contribution is -2.52. The number of carbonyl (C=O) groups is 1. The molecule has 6 nitrogen and oxygen atoms in total. The zero-order valence-electron chi connectivity index (χ0n) is 15.6. The van der Waals surface area contributed by atoms with Gasteiger partial charge in [0.2, 0.25) is 0 Å². The first-order valence-electron chi connectivity index (χ1n) is 8.67. The van der Waals surface area contributed by atoms with Gasteiger partial charge < -0.3 is 19.9 Å². The third-order valence-corrected chi connectivity index (χ3v) is 4.23. The van der Waals surface area contributed by atoms with Crippen molar-refractivity contribution in [3.05, 3.63) is 30.1 Å². The maximum atomic E-state index is 13.9. The number of nitrogens with zero attached hydrogens (tertiary/aromatic N) is 3. The van der Waals surface area contributed by atoms with Crippen molar-refractivity contribution in [1.82, 2.24) is 10.2 Å². The number of esters is 1. The number of piperazine rings is 1.